The third kappa shape index (κ3) is 3.72. The first kappa shape index (κ1) is 18.5. The van der Waals surface area contributed by atoms with Crippen molar-refractivity contribution in [2.24, 2.45) is 0 Å². The van der Waals surface area contributed by atoms with Gasteiger partial charge in [0, 0.05) is 24.3 Å². The van der Waals surface area contributed by atoms with E-state index in [4.69, 9.17) is 9.52 Å². The standard InChI is InChI=1S/C21H23N3O4/c25-11-9-14-12-18(23-22-14)19-6-3-10-24(19)13-15-7-8-20(28-15)16-4-1-2-5-17(16)21(26)27/h1-2,4-5,7-8,12,19,25H,3,6,9-11,13H2,(H,22,23)(H,26,27)/t19-/m1/s1. The number of rotatable bonds is 7. The summed E-state index contributed by atoms with van der Waals surface area (Å²) in [5.41, 5.74) is 2.74. The van der Waals surface area contributed by atoms with E-state index in [2.05, 4.69) is 15.1 Å². The number of H-pyrrole nitrogens is 1. The van der Waals surface area contributed by atoms with Crippen LogP contribution in [0.5, 0.6) is 0 Å². The molecule has 1 fully saturated rings. The van der Waals surface area contributed by atoms with E-state index in [1.165, 1.54) is 0 Å². The lowest BCUT2D eigenvalue weighted by Crippen LogP contribution is -2.22. The Balaban J connectivity index is 1.51. The number of aromatic carboxylic acids is 1. The molecule has 1 saturated heterocycles. The van der Waals surface area contributed by atoms with Gasteiger partial charge in [0.2, 0.25) is 0 Å². The lowest BCUT2D eigenvalue weighted by molar-refractivity contribution is 0.0697. The molecular weight excluding hydrogens is 358 g/mol. The molecule has 1 aromatic carbocycles. The Morgan fingerprint density at radius 2 is 2.14 bits per heavy atom. The van der Waals surface area contributed by atoms with Crippen LogP contribution >= 0.6 is 0 Å². The van der Waals surface area contributed by atoms with Gasteiger partial charge in [-0.05, 0) is 43.7 Å². The lowest BCUT2D eigenvalue weighted by Gasteiger charge is -2.21. The fourth-order valence-corrected chi connectivity index (χ4v) is 3.84. The number of furan rings is 1. The van der Waals surface area contributed by atoms with E-state index < -0.39 is 5.97 Å². The van der Waals surface area contributed by atoms with Crippen molar-refractivity contribution in [3.63, 3.8) is 0 Å². The predicted octanol–water partition coefficient (Wildman–Crippen LogP) is 3.24. The maximum Gasteiger partial charge on any atom is 0.336 e. The zero-order chi connectivity index (χ0) is 19.5. The van der Waals surface area contributed by atoms with E-state index >= 15 is 0 Å². The van der Waals surface area contributed by atoms with Crippen LogP contribution in [-0.4, -0.2) is 44.4 Å². The molecule has 0 amide bonds. The Labute approximate surface area is 162 Å². The van der Waals surface area contributed by atoms with Crippen LogP contribution in [0.3, 0.4) is 0 Å². The second-order valence-corrected chi connectivity index (χ2v) is 7.04. The van der Waals surface area contributed by atoms with Gasteiger partial charge in [0.15, 0.2) is 0 Å². The van der Waals surface area contributed by atoms with Crippen molar-refractivity contribution in [3.05, 3.63) is 65.2 Å². The van der Waals surface area contributed by atoms with Crippen LogP contribution in [-0.2, 0) is 13.0 Å². The summed E-state index contributed by atoms with van der Waals surface area (Å²) in [5, 5.41) is 25.9. The molecule has 7 heteroatoms. The molecule has 1 atom stereocenters. The number of likely N-dealkylation sites (tertiary alicyclic amines) is 1. The Kier molecular flexibility index (Phi) is 5.27. The number of carboxylic acid groups (broad SMARTS) is 1. The average Bonchev–Trinajstić information content (AvgIpc) is 3.43. The molecule has 0 aliphatic carbocycles. The Bertz CT molecular complexity index is 962. The van der Waals surface area contributed by atoms with Gasteiger partial charge >= 0.3 is 5.97 Å². The highest BCUT2D eigenvalue weighted by atomic mass is 16.4. The van der Waals surface area contributed by atoms with Gasteiger partial charge in [0.1, 0.15) is 11.5 Å². The van der Waals surface area contributed by atoms with E-state index in [1.54, 1.807) is 18.2 Å². The Hall–Kier alpha value is -2.90. The van der Waals surface area contributed by atoms with Crippen molar-refractivity contribution in [3.8, 4) is 11.3 Å². The molecule has 3 heterocycles. The van der Waals surface area contributed by atoms with Crippen molar-refractivity contribution >= 4 is 5.97 Å². The summed E-state index contributed by atoms with van der Waals surface area (Å²) in [5.74, 6) is 0.396. The third-order valence-electron chi connectivity index (χ3n) is 5.18. The summed E-state index contributed by atoms with van der Waals surface area (Å²) in [7, 11) is 0. The largest absolute Gasteiger partial charge is 0.478 e. The van der Waals surface area contributed by atoms with E-state index in [-0.39, 0.29) is 18.2 Å². The predicted molar refractivity (Wildman–Crippen MR) is 103 cm³/mol. The average molecular weight is 381 g/mol. The summed E-state index contributed by atoms with van der Waals surface area (Å²) < 4.78 is 5.98. The third-order valence-corrected chi connectivity index (χ3v) is 5.18. The SMILES string of the molecule is O=C(O)c1ccccc1-c1ccc(CN2CCC[C@@H]2c2cc(CCO)[nH]n2)o1. The highest BCUT2D eigenvalue weighted by molar-refractivity contribution is 5.95. The number of carbonyl (C=O) groups is 1. The number of benzene rings is 1. The number of aromatic nitrogens is 2. The summed E-state index contributed by atoms with van der Waals surface area (Å²) in [6.07, 6.45) is 2.69. The molecule has 0 bridgehead atoms. The molecule has 3 aromatic rings. The lowest BCUT2D eigenvalue weighted by atomic mass is 10.1. The number of carboxylic acids is 1. The van der Waals surface area contributed by atoms with Crippen molar-refractivity contribution < 1.29 is 19.4 Å². The second-order valence-electron chi connectivity index (χ2n) is 7.04. The van der Waals surface area contributed by atoms with E-state index in [9.17, 15) is 9.90 Å². The van der Waals surface area contributed by atoms with E-state index in [1.807, 2.05) is 24.3 Å². The topological polar surface area (TPSA) is 103 Å². The van der Waals surface area contributed by atoms with Gasteiger partial charge in [-0.15, -0.1) is 0 Å². The number of aliphatic hydroxyl groups is 1. The fraction of sp³-hybridized carbons (Fsp3) is 0.333. The van der Waals surface area contributed by atoms with Crippen LogP contribution in [0.2, 0.25) is 0 Å². The van der Waals surface area contributed by atoms with Gasteiger partial charge in [-0.25, -0.2) is 4.79 Å². The molecule has 4 rings (SSSR count). The van der Waals surface area contributed by atoms with Crippen molar-refractivity contribution in [1.29, 1.82) is 0 Å². The minimum absolute atomic E-state index is 0.100. The van der Waals surface area contributed by atoms with Crippen molar-refractivity contribution in [2.75, 3.05) is 13.2 Å². The zero-order valence-electron chi connectivity index (χ0n) is 15.5. The molecule has 2 aromatic heterocycles. The number of nitrogens with zero attached hydrogens (tertiary/aromatic N) is 2. The van der Waals surface area contributed by atoms with Crippen LogP contribution < -0.4 is 0 Å². The smallest absolute Gasteiger partial charge is 0.336 e. The molecule has 0 unspecified atom stereocenters. The van der Waals surface area contributed by atoms with Gasteiger partial charge in [0.25, 0.3) is 0 Å². The number of aliphatic hydroxyl groups excluding tert-OH is 1. The van der Waals surface area contributed by atoms with Crippen molar-refractivity contribution in [1.82, 2.24) is 15.1 Å². The van der Waals surface area contributed by atoms with E-state index in [0.717, 1.165) is 36.5 Å². The first-order chi connectivity index (χ1) is 13.7. The van der Waals surface area contributed by atoms with Crippen molar-refractivity contribution in [2.45, 2.75) is 31.8 Å². The molecule has 146 valence electrons. The molecule has 7 nitrogen and oxygen atoms in total. The molecule has 0 saturated carbocycles. The highest BCUT2D eigenvalue weighted by Gasteiger charge is 2.29. The normalized spacial score (nSPS) is 17.2. The fourth-order valence-electron chi connectivity index (χ4n) is 3.84. The molecule has 28 heavy (non-hydrogen) atoms. The Morgan fingerprint density at radius 1 is 1.29 bits per heavy atom. The maximum atomic E-state index is 11.5. The molecule has 1 aliphatic rings. The maximum absolute atomic E-state index is 11.5. The molecule has 0 spiro atoms. The van der Waals surface area contributed by atoms with Gasteiger partial charge in [0.05, 0.1) is 23.8 Å². The van der Waals surface area contributed by atoms with Gasteiger partial charge in [-0.2, -0.15) is 5.10 Å². The quantitative estimate of drug-likeness (QED) is 0.581. The highest BCUT2D eigenvalue weighted by Crippen LogP contribution is 2.34. The summed E-state index contributed by atoms with van der Waals surface area (Å²) in [6, 6.07) is 12.8. The van der Waals surface area contributed by atoms with Crippen LogP contribution in [0.1, 0.15) is 46.4 Å². The molecule has 1 aliphatic heterocycles. The summed E-state index contributed by atoms with van der Waals surface area (Å²) >= 11 is 0. The van der Waals surface area contributed by atoms with Crippen LogP contribution in [0.15, 0.2) is 46.9 Å². The monoisotopic (exact) mass is 381 g/mol. The number of aromatic amines is 1. The van der Waals surface area contributed by atoms with Crippen LogP contribution in [0.4, 0.5) is 0 Å². The second kappa shape index (κ2) is 8.00. The summed E-state index contributed by atoms with van der Waals surface area (Å²) in [4.78, 5) is 13.8. The van der Waals surface area contributed by atoms with E-state index in [0.29, 0.717) is 24.3 Å². The van der Waals surface area contributed by atoms with Gasteiger partial charge < -0.3 is 14.6 Å². The van der Waals surface area contributed by atoms with Crippen LogP contribution in [0, 0.1) is 0 Å². The number of hydrogen-bond acceptors (Lipinski definition) is 5. The molecule has 0 radical (unpaired) electrons. The Morgan fingerprint density at radius 3 is 2.96 bits per heavy atom. The minimum atomic E-state index is -0.967. The molecular formula is C21H23N3O4. The number of hydrogen-bond donors (Lipinski definition) is 3. The first-order valence-electron chi connectivity index (χ1n) is 9.46. The van der Waals surface area contributed by atoms with Gasteiger partial charge in [-0.3, -0.25) is 10.00 Å². The van der Waals surface area contributed by atoms with Crippen LogP contribution in [0.25, 0.3) is 11.3 Å². The number of nitrogens with one attached hydrogen (secondary N) is 1. The summed E-state index contributed by atoms with van der Waals surface area (Å²) in [6.45, 7) is 1.69. The minimum Gasteiger partial charge on any atom is -0.478 e. The zero-order valence-corrected chi connectivity index (χ0v) is 15.5. The molecule has 3 N–H and O–H groups in total. The van der Waals surface area contributed by atoms with Gasteiger partial charge in [-0.1, -0.05) is 18.2 Å². The first-order valence-corrected chi connectivity index (χ1v) is 9.46.